The highest BCUT2D eigenvalue weighted by Crippen LogP contribution is 2.42. The van der Waals surface area contributed by atoms with Crippen LogP contribution in [0.3, 0.4) is 0 Å². The number of allylic oxidation sites excluding steroid dienone is 2. The largest absolute Gasteiger partial charge is 0.511 e. The third-order valence-electron chi connectivity index (χ3n) is 5.45. The number of carbonyl (C=O) groups excluding carboxylic acids is 1. The summed E-state index contributed by atoms with van der Waals surface area (Å²) < 4.78 is 40.6. The topological polar surface area (TPSA) is 156 Å². The Morgan fingerprint density at radius 3 is 2.51 bits per heavy atom. The van der Waals surface area contributed by atoms with Gasteiger partial charge < -0.3 is 20.8 Å². The SMILES string of the molecule is Cn1cc(/C(C=N)=C/c2ncc(-c3ccc(CC(=O)NC(=N)/C=C(\O)C(C)(C)C(F)(F)F)cn3)[nH]2)cn1. The van der Waals surface area contributed by atoms with Crippen LogP contribution >= 0.6 is 0 Å². The zero-order chi connectivity index (χ0) is 27.4. The smallest absolute Gasteiger partial charge is 0.400 e. The number of aliphatic hydroxyl groups is 1. The molecule has 37 heavy (non-hydrogen) atoms. The van der Waals surface area contributed by atoms with Crippen LogP contribution in [0.4, 0.5) is 13.2 Å². The number of H-pyrrole nitrogens is 1. The van der Waals surface area contributed by atoms with Crippen LogP contribution in [0, 0.1) is 16.2 Å². The molecule has 3 rings (SSSR count). The summed E-state index contributed by atoms with van der Waals surface area (Å²) in [5.74, 6) is -1.90. The van der Waals surface area contributed by atoms with Gasteiger partial charge in [-0.1, -0.05) is 6.07 Å². The van der Waals surface area contributed by atoms with E-state index in [-0.39, 0.29) is 6.42 Å². The van der Waals surface area contributed by atoms with Crippen molar-refractivity contribution in [3.05, 3.63) is 65.7 Å². The second kappa shape index (κ2) is 10.6. The van der Waals surface area contributed by atoms with E-state index >= 15 is 0 Å². The first-order valence-corrected chi connectivity index (χ1v) is 10.9. The van der Waals surface area contributed by atoms with Crippen molar-refractivity contribution in [2.75, 3.05) is 0 Å². The van der Waals surface area contributed by atoms with Gasteiger partial charge in [0.05, 0.1) is 30.2 Å². The molecule has 3 aromatic rings. The van der Waals surface area contributed by atoms with Crippen molar-refractivity contribution in [3.63, 3.8) is 0 Å². The fraction of sp³-hybridized carbons (Fsp3) is 0.250. The molecule has 3 heterocycles. The summed E-state index contributed by atoms with van der Waals surface area (Å²) in [5.41, 5.74) is 0.459. The number of aryl methyl sites for hydroxylation is 1. The van der Waals surface area contributed by atoms with Gasteiger partial charge in [0.2, 0.25) is 5.91 Å². The maximum Gasteiger partial charge on any atom is 0.400 e. The minimum atomic E-state index is -4.72. The summed E-state index contributed by atoms with van der Waals surface area (Å²) in [5, 5.41) is 31.3. The predicted octanol–water partition coefficient (Wildman–Crippen LogP) is 4.06. The number of carbonyl (C=O) groups is 1. The van der Waals surface area contributed by atoms with E-state index in [9.17, 15) is 23.1 Å². The molecule has 0 aliphatic carbocycles. The standard InChI is InChI=1S/C24H25F3N8O2/c1-23(2,24(25,26)27)19(36)8-20(29)34-22(37)6-14-4-5-17(30-10-14)18-12-31-21(33-18)7-15(9-28)16-11-32-35(3)13-16/h4-5,7-13,28,36H,6H2,1-3H3,(H,31,33)(H2,29,34,37)/b15-7+,19-8-,28-9?. The average Bonchev–Trinajstić information content (AvgIpc) is 3.46. The van der Waals surface area contributed by atoms with Crippen molar-refractivity contribution in [3.8, 4) is 11.4 Å². The number of aromatic amines is 1. The second-order valence-corrected chi connectivity index (χ2v) is 8.67. The third kappa shape index (κ3) is 6.57. The highest BCUT2D eigenvalue weighted by Gasteiger charge is 2.50. The van der Waals surface area contributed by atoms with Crippen molar-refractivity contribution in [2.24, 2.45) is 12.5 Å². The molecule has 13 heteroatoms. The summed E-state index contributed by atoms with van der Waals surface area (Å²) >= 11 is 0. The van der Waals surface area contributed by atoms with E-state index in [0.29, 0.717) is 34.4 Å². The first kappa shape index (κ1) is 27.0. The number of alkyl halides is 3. The zero-order valence-electron chi connectivity index (χ0n) is 20.2. The summed E-state index contributed by atoms with van der Waals surface area (Å²) in [6, 6.07) is 3.30. The van der Waals surface area contributed by atoms with E-state index in [2.05, 4.69) is 25.4 Å². The van der Waals surface area contributed by atoms with Gasteiger partial charge in [0, 0.05) is 42.9 Å². The van der Waals surface area contributed by atoms with E-state index < -0.39 is 29.1 Å². The molecule has 0 aliphatic heterocycles. The lowest BCUT2D eigenvalue weighted by atomic mass is 9.89. The van der Waals surface area contributed by atoms with Gasteiger partial charge in [-0.15, -0.1) is 0 Å². The van der Waals surface area contributed by atoms with Crippen LogP contribution in [0.5, 0.6) is 0 Å². The van der Waals surface area contributed by atoms with Gasteiger partial charge in [0.15, 0.2) is 0 Å². The van der Waals surface area contributed by atoms with Gasteiger partial charge in [-0.05, 0) is 31.6 Å². The lowest BCUT2D eigenvalue weighted by Gasteiger charge is -2.26. The fourth-order valence-electron chi connectivity index (χ4n) is 3.03. The lowest BCUT2D eigenvalue weighted by Crippen LogP contribution is -2.36. The van der Waals surface area contributed by atoms with E-state index in [1.807, 2.05) is 0 Å². The number of hydrogen-bond acceptors (Lipinski definition) is 7. The van der Waals surface area contributed by atoms with Gasteiger partial charge >= 0.3 is 6.18 Å². The molecule has 0 atom stereocenters. The molecule has 0 saturated carbocycles. The Morgan fingerprint density at radius 2 is 1.95 bits per heavy atom. The van der Waals surface area contributed by atoms with Gasteiger partial charge in [-0.25, -0.2) is 4.98 Å². The van der Waals surface area contributed by atoms with Crippen LogP contribution in [-0.4, -0.2) is 54.0 Å². The molecule has 0 spiro atoms. The Labute approximate surface area is 210 Å². The number of halogens is 3. The number of nitrogens with zero attached hydrogens (tertiary/aromatic N) is 4. The fourth-order valence-corrected chi connectivity index (χ4v) is 3.03. The van der Waals surface area contributed by atoms with Crippen molar-refractivity contribution in [1.29, 1.82) is 10.8 Å². The van der Waals surface area contributed by atoms with E-state index in [0.717, 1.165) is 19.4 Å². The van der Waals surface area contributed by atoms with Crippen molar-refractivity contribution >= 4 is 29.6 Å². The number of nitrogens with one attached hydrogen (secondary N) is 4. The molecule has 5 N–H and O–H groups in total. The van der Waals surface area contributed by atoms with Crippen LogP contribution in [0.1, 0.15) is 30.8 Å². The normalized spacial score (nSPS) is 12.9. The summed E-state index contributed by atoms with van der Waals surface area (Å²) in [4.78, 5) is 23.9. The van der Waals surface area contributed by atoms with Crippen LogP contribution in [0.2, 0.25) is 0 Å². The Hall–Kier alpha value is -4.55. The average molecular weight is 515 g/mol. The number of amidine groups is 1. The first-order chi connectivity index (χ1) is 17.3. The maximum absolute atomic E-state index is 13.0. The molecule has 0 fully saturated rings. The maximum atomic E-state index is 13.0. The number of pyridine rings is 1. The molecule has 0 radical (unpaired) electrons. The van der Waals surface area contributed by atoms with E-state index in [1.165, 1.54) is 12.4 Å². The lowest BCUT2D eigenvalue weighted by molar-refractivity contribution is -0.206. The summed E-state index contributed by atoms with van der Waals surface area (Å²) in [6.45, 7) is 1.54. The Balaban J connectivity index is 1.63. The van der Waals surface area contributed by atoms with Crippen LogP contribution < -0.4 is 5.32 Å². The number of aromatic nitrogens is 5. The molecular weight excluding hydrogens is 489 g/mol. The first-order valence-electron chi connectivity index (χ1n) is 10.9. The predicted molar refractivity (Wildman–Crippen MR) is 132 cm³/mol. The van der Waals surface area contributed by atoms with Gasteiger partial charge in [-0.3, -0.25) is 19.9 Å². The molecule has 0 unspecified atom stereocenters. The summed E-state index contributed by atoms with van der Waals surface area (Å²) in [6.07, 6.45) is 5.00. The third-order valence-corrected chi connectivity index (χ3v) is 5.45. The molecule has 1 amide bonds. The number of aliphatic hydroxyl groups excluding tert-OH is 1. The van der Waals surface area contributed by atoms with Gasteiger partial charge in [0.1, 0.15) is 22.8 Å². The number of rotatable bonds is 8. The minimum absolute atomic E-state index is 0.183. The van der Waals surface area contributed by atoms with Crippen LogP contribution in [0.15, 0.2) is 48.8 Å². The van der Waals surface area contributed by atoms with E-state index in [4.69, 9.17) is 10.8 Å². The van der Waals surface area contributed by atoms with Gasteiger partial charge in [-0.2, -0.15) is 18.3 Å². The highest BCUT2D eigenvalue weighted by atomic mass is 19.4. The molecule has 0 bridgehead atoms. The monoisotopic (exact) mass is 514 g/mol. The highest BCUT2D eigenvalue weighted by molar-refractivity contribution is 6.14. The molecule has 0 aromatic carbocycles. The van der Waals surface area contributed by atoms with Crippen LogP contribution in [-0.2, 0) is 18.3 Å². The second-order valence-electron chi connectivity index (χ2n) is 8.67. The Kier molecular flexibility index (Phi) is 7.75. The van der Waals surface area contributed by atoms with Crippen molar-refractivity contribution < 1.29 is 23.1 Å². The minimum Gasteiger partial charge on any atom is -0.511 e. The molecule has 10 nitrogen and oxygen atoms in total. The summed E-state index contributed by atoms with van der Waals surface area (Å²) in [7, 11) is 1.78. The number of imidazole rings is 1. The van der Waals surface area contributed by atoms with Gasteiger partial charge in [0.25, 0.3) is 0 Å². The molecule has 3 aromatic heterocycles. The zero-order valence-corrected chi connectivity index (χ0v) is 20.2. The Morgan fingerprint density at radius 1 is 1.22 bits per heavy atom. The van der Waals surface area contributed by atoms with Crippen molar-refractivity contribution in [2.45, 2.75) is 26.4 Å². The molecule has 194 valence electrons. The van der Waals surface area contributed by atoms with E-state index in [1.54, 1.807) is 48.5 Å². The number of hydrogen-bond donors (Lipinski definition) is 5. The molecule has 0 aliphatic rings. The molecular formula is C24H25F3N8O2. The Bertz CT molecular complexity index is 1370. The quantitative estimate of drug-likeness (QED) is 0.174. The molecule has 0 saturated heterocycles. The number of amides is 1. The van der Waals surface area contributed by atoms with Crippen LogP contribution in [0.25, 0.3) is 23.0 Å². The van der Waals surface area contributed by atoms with Crippen molar-refractivity contribution in [1.82, 2.24) is 30.0 Å².